The van der Waals surface area contributed by atoms with Gasteiger partial charge < -0.3 is 4.90 Å². The van der Waals surface area contributed by atoms with Gasteiger partial charge in [-0.25, -0.2) is 4.98 Å². The van der Waals surface area contributed by atoms with Crippen molar-refractivity contribution in [3.63, 3.8) is 0 Å². The number of aryl methyl sites for hydroxylation is 1. The standard InChI is InChI=1S/C23H22N4O/c1-27(23(28)21-14-13-18-10-5-6-12-20(18)24-21)15-7-11-19-16-22(26-25-19)17-8-3-2-4-9-17/h2-6,8-10,12-14,16H,7,11,15H2,1H3,(H,25,26). The molecule has 0 saturated heterocycles. The zero-order chi connectivity index (χ0) is 19.3. The second kappa shape index (κ2) is 8.05. The van der Waals surface area contributed by atoms with E-state index in [2.05, 4.69) is 21.2 Å². The highest BCUT2D eigenvalue weighted by Crippen LogP contribution is 2.18. The Bertz CT molecular complexity index is 1090. The van der Waals surface area contributed by atoms with Gasteiger partial charge in [0.2, 0.25) is 0 Å². The molecular formula is C23H22N4O. The van der Waals surface area contributed by atoms with E-state index in [0.29, 0.717) is 12.2 Å². The zero-order valence-corrected chi connectivity index (χ0v) is 15.8. The van der Waals surface area contributed by atoms with Crippen LogP contribution in [-0.2, 0) is 6.42 Å². The minimum atomic E-state index is -0.0552. The molecule has 28 heavy (non-hydrogen) atoms. The number of aromatic amines is 1. The molecule has 2 aromatic carbocycles. The number of pyridine rings is 1. The van der Waals surface area contributed by atoms with Gasteiger partial charge in [-0.15, -0.1) is 0 Å². The number of fused-ring (bicyclic) bond motifs is 1. The molecular weight excluding hydrogens is 348 g/mol. The molecule has 140 valence electrons. The molecule has 1 amide bonds. The lowest BCUT2D eigenvalue weighted by Crippen LogP contribution is -2.28. The summed E-state index contributed by atoms with van der Waals surface area (Å²) in [5.74, 6) is -0.0552. The van der Waals surface area contributed by atoms with Crippen LogP contribution in [0.4, 0.5) is 0 Å². The van der Waals surface area contributed by atoms with E-state index in [9.17, 15) is 4.79 Å². The summed E-state index contributed by atoms with van der Waals surface area (Å²) in [4.78, 5) is 18.9. The highest BCUT2D eigenvalue weighted by atomic mass is 16.2. The van der Waals surface area contributed by atoms with Crippen LogP contribution in [0.25, 0.3) is 22.2 Å². The number of aromatic nitrogens is 3. The Labute approximate surface area is 164 Å². The van der Waals surface area contributed by atoms with Crippen molar-refractivity contribution in [1.82, 2.24) is 20.1 Å². The van der Waals surface area contributed by atoms with Crippen LogP contribution in [0.15, 0.2) is 72.8 Å². The van der Waals surface area contributed by atoms with Gasteiger partial charge in [0, 0.05) is 30.2 Å². The third-order valence-corrected chi connectivity index (χ3v) is 4.80. The van der Waals surface area contributed by atoms with Gasteiger partial charge in [-0.05, 0) is 31.0 Å². The summed E-state index contributed by atoms with van der Waals surface area (Å²) >= 11 is 0. The van der Waals surface area contributed by atoms with Crippen LogP contribution in [0, 0.1) is 0 Å². The number of hydrogen-bond acceptors (Lipinski definition) is 3. The molecule has 2 heterocycles. The van der Waals surface area contributed by atoms with E-state index in [4.69, 9.17) is 0 Å². The Morgan fingerprint density at radius 2 is 1.79 bits per heavy atom. The van der Waals surface area contributed by atoms with Crippen LogP contribution < -0.4 is 0 Å². The second-order valence-electron chi connectivity index (χ2n) is 6.86. The van der Waals surface area contributed by atoms with Gasteiger partial charge in [0.1, 0.15) is 5.69 Å². The topological polar surface area (TPSA) is 61.9 Å². The van der Waals surface area contributed by atoms with E-state index < -0.39 is 0 Å². The summed E-state index contributed by atoms with van der Waals surface area (Å²) in [6, 6.07) is 23.7. The highest BCUT2D eigenvalue weighted by molar-refractivity contribution is 5.94. The van der Waals surface area contributed by atoms with Crippen molar-refractivity contribution in [1.29, 1.82) is 0 Å². The first-order chi connectivity index (χ1) is 13.7. The van der Waals surface area contributed by atoms with E-state index >= 15 is 0 Å². The number of para-hydroxylation sites is 1. The molecule has 4 aromatic rings. The minimum Gasteiger partial charge on any atom is -0.340 e. The van der Waals surface area contributed by atoms with E-state index in [-0.39, 0.29) is 5.91 Å². The maximum atomic E-state index is 12.7. The molecule has 5 nitrogen and oxygen atoms in total. The number of nitrogens with one attached hydrogen (secondary N) is 1. The van der Waals surface area contributed by atoms with Crippen LogP contribution in [0.5, 0.6) is 0 Å². The SMILES string of the molecule is CN(CCCc1cc(-c2ccccc2)n[nH]1)C(=O)c1ccc2ccccc2n1. The number of amides is 1. The fourth-order valence-electron chi connectivity index (χ4n) is 3.24. The number of benzene rings is 2. The molecule has 1 N–H and O–H groups in total. The normalized spacial score (nSPS) is 10.9. The number of nitrogens with zero attached hydrogens (tertiary/aromatic N) is 3. The molecule has 0 atom stereocenters. The van der Waals surface area contributed by atoms with Gasteiger partial charge in [-0.1, -0.05) is 54.6 Å². The van der Waals surface area contributed by atoms with Crippen LogP contribution in [-0.4, -0.2) is 39.6 Å². The molecule has 5 heteroatoms. The fourth-order valence-corrected chi connectivity index (χ4v) is 3.24. The molecule has 0 aliphatic heterocycles. The van der Waals surface area contributed by atoms with Crippen molar-refractivity contribution in [3.05, 3.63) is 84.2 Å². The van der Waals surface area contributed by atoms with Gasteiger partial charge in [-0.3, -0.25) is 9.89 Å². The Balaban J connectivity index is 1.34. The lowest BCUT2D eigenvalue weighted by Gasteiger charge is -2.16. The summed E-state index contributed by atoms with van der Waals surface area (Å²) in [5.41, 5.74) is 4.44. The van der Waals surface area contributed by atoms with Crippen LogP contribution in [0.2, 0.25) is 0 Å². The van der Waals surface area contributed by atoms with Crippen LogP contribution >= 0.6 is 0 Å². The van der Waals surface area contributed by atoms with E-state index in [1.54, 1.807) is 11.0 Å². The largest absolute Gasteiger partial charge is 0.340 e. The molecule has 2 aromatic heterocycles. The summed E-state index contributed by atoms with van der Waals surface area (Å²) < 4.78 is 0. The minimum absolute atomic E-state index is 0.0552. The quantitative estimate of drug-likeness (QED) is 0.549. The lowest BCUT2D eigenvalue weighted by molar-refractivity contribution is 0.0788. The summed E-state index contributed by atoms with van der Waals surface area (Å²) in [6.07, 6.45) is 1.69. The van der Waals surface area contributed by atoms with Gasteiger partial charge in [0.25, 0.3) is 5.91 Å². The van der Waals surface area contributed by atoms with Crippen molar-refractivity contribution < 1.29 is 4.79 Å². The molecule has 0 spiro atoms. The molecule has 0 radical (unpaired) electrons. The van der Waals surface area contributed by atoms with Gasteiger partial charge in [-0.2, -0.15) is 5.10 Å². The van der Waals surface area contributed by atoms with Crippen molar-refractivity contribution in [2.24, 2.45) is 0 Å². The highest BCUT2D eigenvalue weighted by Gasteiger charge is 2.13. The molecule has 4 rings (SSSR count). The van der Waals surface area contributed by atoms with Crippen molar-refractivity contribution in [2.45, 2.75) is 12.8 Å². The Hall–Kier alpha value is -3.47. The maximum absolute atomic E-state index is 12.7. The monoisotopic (exact) mass is 370 g/mol. The molecule has 0 aliphatic carbocycles. The van der Waals surface area contributed by atoms with Gasteiger partial charge in [0.05, 0.1) is 11.2 Å². The molecule has 0 bridgehead atoms. The summed E-state index contributed by atoms with van der Waals surface area (Å²) in [6.45, 7) is 0.660. The molecule has 0 saturated carbocycles. The van der Waals surface area contributed by atoms with Crippen LogP contribution in [0.1, 0.15) is 22.6 Å². The van der Waals surface area contributed by atoms with E-state index in [1.165, 1.54) is 0 Å². The lowest BCUT2D eigenvalue weighted by atomic mass is 10.1. The van der Waals surface area contributed by atoms with E-state index in [1.807, 2.05) is 67.7 Å². The maximum Gasteiger partial charge on any atom is 0.272 e. The predicted octanol–water partition coefficient (Wildman–Crippen LogP) is 4.33. The fraction of sp³-hybridized carbons (Fsp3) is 0.174. The first-order valence-electron chi connectivity index (χ1n) is 9.42. The zero-order valence-electron chi connectivity index (χ0n) is 15.8. The third-order valence-electron chi connectivity index (χ3n) is 4.80. The van der Waals surface area contributed by atoms with Gasteiger partial charge >= 0.3 is 0 Å². The number of hydrogen-bond donors (Lipinski definition) is 1. The number of carbonyl (C=O) groups is 1. The summed E-state index contributed by atoms with van der Waals surface area (Å²) in [7, 11) is 1.82. The smallest absolute Gasteiger partial charge is 0.272 e. The first kappa shape index (κ1) is 17.9. The third kappa shape index (κ3) is 3.93. The predicted molar refractivity (Wildman–Crippen MR) is 111 cm³/mol. The van der Waals surface area contributed by atoms with Crippen molar-refractivity contribution in [2.75, 3.05) is 13.6 Å². The Morgan fingerprint density at radius 3 is 2.64 bits per heavy atom. The molecule has 0 aliphatic rings. The Morgan fingerprint density at radius 1 is 1.00 bits per heavy atom. The number of carbonyl (C=O) groups excluding carboxylic acids is 1. The second-order valence-corrected chi connectivity index (χ2v) is 6.86. The van der Waals surface area contributed by atoms with Crippen molar-refractivity contribution >= 4 is 16.8 Å². The van der Waals surface area contributed by atoms with Crippen molar-refractivity contribution in [3.8, 4) is 11.3 Å². The summed E-state index contributed by atoms with van der Waals surface area (Å²) in [5, 5.41) is 8.51. The average Bonchev–Trinajstić information content (AvgIpc) is 3.22. The number of rotatable bonds is 6. The van der Waals surface area contributed by atoms with Crippen LogP contribution in [0.3, 0.4) is 0 Å². The molecule has 0 unspecified atom stereocenters. The first-order valence-corrected chi connectivity index (χ1v) is 9.42. The van der Waals surface area contributed by atoms with E-state index in [0.717, 1.165) is 40.7 Å². The number of H-pyrrole nitrogens is 1. The Kier molecular flexibility index (Phi) is 5.15. The molecule has 0 fully saturated rings. The average molecular weight is 370 g/mol. The van der Waals surface area contributed by atoms with Gasteiger partial charge in [0.15, 0.2) is 0 Å².